The van der Waals surface area contributed by atoms with Crippen molar-refractivity contribution in [1.29, 1.82) is 0 Å². The molecule has 0 aliphatic rings. The van der Waals surface area contributed by atoms with Crippen LogP contribution in [0.4, 0.5) is 0 Å². The molecule has 0 spiro atoms. The van der Waals surface area contributed by atoms with E-state index in [4.69, 9.17) is 13.8 Å². The molecule has 3 aromatic carbocycles. The van der Waals surface area contributed by atoms with Crippen molar-refractivity contribution in [1.82, 2.24) is 4.57 Å². The van der Waals surface area contributed by atoms with Crippen molar-refractivity contribution in [3.63, 3.8) is 0 Å². The molecule has 7 heteroatoms. The third kappa shape index (κ3) is 7.79. The topological polar surface area (TPSA) is 66.8 Å². The maximum Gasteiger partial charge on any atom is 0.331 e. The molecule has 0 atom stereocenters. The second kappa shape index (κ2) is 13.0. The van der Waals surface area contributed by atoms with Crippen LogP contribution in [-0.2, 0) is 40.0 Å². The molecule has 1 aromatic heterocycles. The van der Waals surface area contributed by atoms with Gasteiger partial charge in [-0.2, -0.15) is 0 Å². The Morgan fingerprint density at radius 1 is 0.639 bits per heavy atom. The molecule has 0 bridgehead atoms. The Balaban J connectivity index is 1.38. The Bertz CT molecular complexity index is 1260. The fourth-order valence-corrected chi connectivity index (χ4v) is 5.18. The van der Waals surface area contributed by atoms with Gasteiger partial charge in [0.1, 0.15) is 6.61 Å². The standard InChI is InChI=1S/C29H30NO5P/c31-29-28(33-22-25-12-4-1-5-13-25)18-10-19-30(29)20-11-21-36(32,34-23-26-14-6-2-7-15-26)35-24-27-16-8-3-9-17-27/h1-10,12-19H,11,20-24H2. The number of pyridine rings is 1. The van der Waals surface area contributed by atoms with Gasteiger partial charge in [-0.15, -0.1) is 0 Å². The van der Waals surface area contributed by atoms with E-state index < -0.39 is 7.60 Å². The molecule has 0 unspecified atom stereocenters. The zero-order valence-corrected chi connectivity index (χ0v) is 21.0. The summed E-state index contributed by atoms with van der Waals surface area (Å²) in [6.07, 6.45) is 2.34. The van der Waals surface area contributed by atoms with Crippen molar-refractivity contribution in [3.8, 4) is 5.75 Å². The first-order valence-electron chi connectivity index (χ1n) is 11.9. The number of nitrogens with zero attached hydrogens (tertiary/aromatic N) is 1. The van der Waals surface area contributed by atoms with Crippen LogP contribution in [0.15, 0.2) is 114 Å². The van der Waals surface area contributed by atoms with Crippen molar-refractivity contribution < 1.29 is 18.3 Å². The third-order valence-corrected chi connectivity index (χ3v) is 7.50. The zero-order valence-electron chi connectivity index (χ0n) is 20.1. The molecule has 6 nitrogen and oxygen atoms in total. The molecule has 0 radical (unpaired) electrons. The van der Waals surface area contributed by atoms with Gasteiger partial charge < -0.3 is 18.4 Å². The van der Waals surface area contributed by atoms with Crippen LogP contribution in [0, 0.1) is 0 Å². The number of aromatic nitrogens is 1. The molecule has 0 N–H and O–H groups in total. The van der Waals surface area contributed by atoms with Crippen molar-refractivity contribution in [2.75, 3.05) is 6.16 Å². The lowest BCUT2D eigenvalue weighted by Gasteiger charge is -2.19. The van der Waals surface area contributed by atoms with Crippen molar-refractivity contribution in [3.05, 3.63) is 136 Å². The molecule has 0 amide bonds. The average molecular weight is 504 g/mol. The number of benzene rings is 3. The van der Waals surface area contributed by atoms with E-state index in [0.717, 1.165) is 16.7 Å². The fraction of sp³-hybridized carbons (Fsp3) is 0.207. The maximum absolute atomic E-state index is 13.6. The Morgan fingerprint density at radius 3 is 1.67 bits per heavy atom. The molecule has 0 aliphatic carbocycles. The highest BCUT2D eigenvalue weighted by atomic mass is 31.2. The van der Waals surface area contributed by atoms with E-state index in [1.165, 1.54) is 0 Å². The van der Waals surface area contributed by atoms with Crippen molar-refractivity contribution in [2.24, 2.45) is 0 Å². The van der Waals surface area contributed by atoms with E-state index in [-0.39, 0.29) is 30.7 Å². The molecule has 4 rings (SSSR count). The minimum atomic E-state index is -3.41. The number of hydrogen-bond acceptors (Lipinski definition) is 5. The minimum absolute atomic E-state index is 0.189. The Hall–Kier alpha value is -3.44. The molecular formula is C29H30NO5P. The predicted molar refractivity (Wildman–Crippen MR) is 141 cm³/mol. The first kappa shape index (κ1) is 25.6. The van der Waals surface area contributed by atoms with Crippen LogP contribution in [0.3, 0.4) is 0 Å². The first-order chi connectivity index (χ1) is 17.6. The smallest absolute Gasteiger partial charge is 0.331 e. The molecule has 0 saturated carbocycles. The first-order valence-corrected chi connectivity index (χ1v) is 13.7. The van der Waals surface area contributed by atoms with Crippen molar-refractivity contribution in [2.45, 2.75) is 32.8 Å². The lowest BCUT2D eigenvalue weighted by Crippen LogP contribution is -2.21. The lowest BCUT2D eigenvalue weighted by molar-refractivity contribution is 0.190. The summed E-state index contributed by atoms with van der Waals surface area (Å²) in [6, 6.07) is 32.3. The Labute approximate surface area is 211 Å². The van der Waals surface area contributed by atoms with Crippen LogP contribution in [0.1, 0.15) is 23.1 Å². The molecule has 0 aliphatic heterocycles. The van der Waals surface area contributed by atoms with Crippen LogP contribution in [0.25, 0.3) is 0 Å². The van der Waals surface area contributed by atoms with E-state index in [1.807, 2.05) is 91.0 Å². The summed E-state index contributed by atoms with van der Waals surface area (Å²) in [7, 11) is -3.41. The number of aryl methyl sites for hydroxylation is 1. The van der Waals surface area contributed by atoms with Gasteiger partial charge in [0.2, 0.25) is 0 Å². The van der Waals surface area contributed by atoms with Crippen LogP contribution >= 0.6 is 7.60 Å². The van der Waals surface area contributed by atoms with Gasteiger partial charge in [0.25, 0.3) is 5.56 Å². The highest BCUT2D eigenvalue weighted by molar-refractivity contribution is 7.53. The lowest BCUT2D eigenvalue weighted by atomic mass is 10.2. The average Bonchev–Trinajstić information content (AvgIpc) is 2.93. The van der Waals surface area contributed by atoms with Gasteiger partial charge >= 0.3 is 7.60 Å². The van der Waals surface area contributed by atoms with Gasteiger partial charge in [0, 0.05) is 12.7 Å². The van der Waals surface area contributed by atoms with E-state index >= 15 is 0 Å². The highest BCUT2D eigenvalue weighted by Crippen LogP contribution is 2.50. The van der Waals surface area contributed by atoms with Crippen LogP contribution in [-0.4, -0.2) is 10.7 Å². The van der Waals surface area contributed by atoms with Crippen LogP contribution < -0.4 is 10.3 Å². The van der Waals surface area contributed by atoms with E-state index in [9.17, 15) is 9.36 Å². The summed E-state index contributed by atoms with van der Waals surface area (Å²) in [5.41, 5.74) is 2.60. The van der Waals surface area contributed by atoms with Gasteiger partial charge in [-0.25, -0.2) is 0 Å². The summed E-state index contributed by atoms with van der Waals surface area (Å²) in [5, 5.41) is 0. The quantitative estimate of drug-likeness (QED) is 0.196. The number of rotatable bonds is 13. The Morgan fingerprint density at radius 2 is 1.14 bits per heavy atom. The second-order valence-electron chi connectivity index (χ2n) is 8.35. The molecule has 1 heterocycles. The van der Waals surface area contributed by atoms with E-state index in [0.29, 0.717) is 19.6 Å². The monoisotopic (exact) mass is 503 g/mol. The maximum atomic E-state index is 13.6. The van der Waals surface area contributed by atoms with Crippen molar-refractivity contribution >= 4 is 7.60 Å². The number of hydrogen-bond donors (Lipinski definition) is 0. The van der Waals surface area contributed by atoms with Gasteiger partial charge in [-0.3, -0.25) is 9.36 Å². The molecule has 0 fully saturated rings. The van der Waals surface area contributed by atoms with E-state index in [1.54, 1.807) is 22.9 Å². The third-order valence-electron chi connectivity index (χ3n) is 5.59. The molecule has 186 valence electrons. The highest BCUT2D eigenvalue weighted by Gasteiger charge is 2.25. The van der Waals surface area contributed by atoms with Gasteiger partial charge in [-0.1, -0.05) is 91.0 Å². The minimum Gasteiger partial charge on any atom is -0.483 e. The molecule has 36 heavy (non-hydrogen) atoms. The van der Waals surface area contributed by atoms with Gasteiger partial charge in [0.05, 0.1) is 19.4 Å². The summed E-state index contributed by atoms with van der Waals surface area (Å²) < 4.78 is 32.6. The van der Waals surface area contributed by atoms with E-state index in [2.05, 4.69) is 0 Å². The summed E-state index contributed by atoms with van der Waals surface area (Å²) >= 11 is 0. The molecule has 4 aromatic rings. The SMILES string of the molecule is O=c1c(OCc2ccccc2)cccn1CCCP(=O)(OCc1ccccc1)OCc1ccccc1. The summed E-state index contributed by atoms with van der Waals surface area (Å²) in [5.74, 6) is 0.283. The predicted octanol–water partition coefficient (Wildman–Crippen LogP) is 6.44. The number of ether oxygens (including phenoxy) is 1. The zero-order chi connectivity index (χ0) is 25.1. The molecular weight excluding hydrogens is 473 g/mol. The fourth-order valence-electron chi connectivity index (χ4n) is 3.63. The summed E-state index contributed by atoms with van der Waals surface area (Å²) in [6.45, 7) is 1.07. The normalized spacial score (nSPS) is 11.3. The van der Waals surface area contributed by atoms with Gasteiger partial charge in [0.15, 0.2) is 5.75 Å². The second-order valence-corrected chi connectivity index (χ2v) is 10.5. The summed E-state index contributed by atoms with van der Waals surface area (Å²) in [4.78, 5) is 12.9. The molecule has 0 saturated heterocycles. The Kier molecular flexibility index (Phi) is 9.28. The van der Waals surface area contributed by atoms with Gasteiger partial charge in [-0.05, 0) is 35.2 Å². The van der Waals surface area contributed by atoms with Crippen LogP contribution in [0.2, 0.25) is 0 Å². The van der Waals surface area contributed by atoms with Crippen LogP contribution in [0.5, 0.6) is 5.75 Å². The largest absolute Gasteiger partial charge is 0.483 e.